The molecule has 0 spiro atoms. The molecule has 0 fully saturated rings. The van der Waals surface area contributed by atoms with Gasteiger partial charge in [0.15, 0.2) is 0 Å². The van der Waals surface area contributed by atoms with E-state index in [-0.39, 0.29) is 6.54 Å². The lowest BCUT2D eigenvalue weighted by molar-refractivity contribution is 0.144. The number of hydrogen-bond acceptors (Lipinski definition) is 5. The maximum absolute atomic E-state index is 10.3. The van der Waals surface area contributed by atoms with Gasteiger partial charge in [-0.2, -0.15) is 4.80 Å². The van der Waals surface area contributed by atoms with E-state index in [4.69, 9.17) is 4.74 Å². The van der Waals surface area contributed by atoms with E-state index in [9.17, 15) is 5.11 Å². The second-order valence-electron chi connectivity index (χ2n) is 4.83. The van der Waals surface area contributed by atoms with Crippen molar-refractivity contribution in [3.63, 3.8) is 0 Å². The van der Waals surface area contributed by atoms with Crippen LogP contribution in [0.15, 0.2) is 54.6 Å². The Kier molecular flexibility index (Phi) is 4.11. The summed E-state index contributed by atoms with van der Waals surface area (Å²) in [7, 11) is 1.59. The van der Waals surface area contributed by atoms with Gasteiger partial charge in [0, 0.05) is 5.56 Å². The highest BCUT2D eigenvalue weighted by Crippen LogP contribution is 2.20. The Morgan fingerprint density at radius 1 is 1.14 bits per heavy atom. The largest absolute Gasteiger partial charge is 0.497 e. The minimum Gasteiger partial charge on any atom is -0.497 e. The first kappa shape index (κ1) is 14.2. The van der Waals surface area contributed by atoms with E-state index in [1.807, 2.05) is 48.5 Å². The molecule has 3 aromatic rings. The van der Waals surface area contributed by atoms with Crippen molar-refractivity contribution in [2.75, 3.05) is 7.11 Å². The lowest BCUT2D eigenvalue weighted by atomic mass is 10.1. The second kappa shape index (κ2) is 6.36. The summed E-state index contributed by atoms with van der Waals surface area (Å²) in [5.41, 5.74) is 1.64. The molecule has 22 heavy (non-hydrogen) atoms. The van der Waals surface area contributed by atoms with Crippen LogP contribution in [0.2, 0.25) is 0 Å². The standard InChI is InChI=1S/C16H16N4O2/c1-22-14-9-5-8-13(10-14)15(21)11-20-18-16(17-19-20)12-6-3-2-4-7-12/h2-10,15,21H,11H2,1H3. The van der Waals surface area contributed by atoms with Gasteiger partial charge in [-0.1, -0.05) is 42.5 Å². The van der Waals surface area contributed by atoms with Crippen molar-refractivity contribution in [1.82, 2.24) is 20.2 Å². The zero-order valence-corrected chi connectivity index (χ0v) is 12.1. The van der Waals surface area contributed by atoms with Crippen molar-refractivity contribution in [3.05, 3.63) is 60.2 Å². The Balaban J connectivity index is 1.74. The highest BCUT2D eigenvalue weighted by atomic mass is 16.5. The van der Waals surface area contributed by atoms with Gasteiger partial charge < -0.3 is 9.84 Å². The quantitative estimate of drug-likeness (QED) is 0.780. The number of rotatable bonds is 5. The van der Waals surface area contributed by atoms with Crippen LogP contribution in [0.5, 0.6) is 5.75 Å². The van der Waals surface area contributed by atoms with Crippen LogP contribution in [-0.2, 0) is 6.54 Å². The van der Waals surface area contributed by atoms with Crippen molar-refractivity contribution in [1.29, 1.82) is 0 Å². The molecule has 1 N–H and O–H groups in total. The molecule has 1 aromatic heterocycles. The second-order valence-corrected chi connectivity index (χ2v) is 4.83. The Labute approximate surface area is 128 Å². The Morgan fingerprint density at radius 3 is 2.73 bits per heavy atom. The average Bonchev–Trinajstić information content (AvgIpc) is 3.04. The molecule has 1 atom stereocenters. The molecule has 0 radical (unpaired) electrons. The summed E-state index contributed by atoms with van der Waals surface area (Å²) < 4.78 is 5.16. The highest BCUT2D eigenvalue weighted by molar-refractivity contribution is 5.52. The van der Waals surface area contributed by atoms with Gasteiger partial charge in [0.1, 0.15) is 11.9 Å². The third-order valence-corrected chi connectivity index (χ3v) is 3.30. The Hall–Kier alpha value is -2.73. The molecule has 6 heteroatoms. The molecule has 1 heterocycles. The minimum atomic E-state index is -0.729. The van der Waals surface area contributed by atoms with E-state index in [1.165, 1.54) is 4.80 Å². The van der Waals surface area contributed by atoms with Crippen LogP contribution in [-0.4, -0.2) is 32.4 Å². The number of methoxy groups -OCH3 is 1. The molecule has 0 aliphatic rings. The molecule has 0 aliphatic heterocycles. The van der Waals surface area contributed by atoms with E-state index < -0.39 is 6.10 Å². The molecular formula is C16H16N4O2. The van der Waals surface area contributed by atoms with Crippen molar-refractivity contribution < 1.29 is 9.84 Å². The van der Waals surface area contributed by atoms with Crippen LogP contribution in [0.1, 0.15) is 11.7 Å². The maximum Gasteiger partial charge on any atom is 0.204 e. The van der Waals surface area contributed by atoms with Crippen LogP contribution >= 0.6 is 0 Å². The van der Waals surface area contributed by atoms with Gasteiger partial charge in [0.25, 0.3) is 0 Å². The number of nitrogens with zero attached hydrogens (tertiary/aromatic N) is 4. The van der Waals surface area contributed by atoms with Crippen molar-refractivity contribution in [2.45, 2.75) is 12.6 Å². The summed E-state index contributed by atoms with van der Waals surface area (Å²) in [5.74, 6) is 1.24. The lowest BCUT2D eigenvalue weighted by Crippen LogP contribution is -2.11. The SMILES string of the molecule is COc1cccc(C(O)Cn2nnc(-c3ccccc3)n2)c1. The Morgan fingerprint density at radius 2 is 1.95 bits per heavy atom. The molecule has 6 nitrogen and oxygen atoms in total. The third kappa shape index (κ3) is 3.12. The molecular weight excluding hydrogens is 280 g/mol. The molecule has 3 rings (SSSR count). The van der Waals surface area contributed by atoms with Gasteiger partial charge in [0.05, 0.1) is 13.7 Å². The van der Waals surface area contributed by atoms with Crippen molar-refractivity contribution in [3.8, 4) is 17.1 Å². The lowest BCUT2D eigenvalue weighted by Gasteiger charge is -2.10. The molecule has 2 aromatic carbocycles. The van der Waals surface area contributed by atoms with Crippen LogP contribution in [0, 0.1) is 0 Å². The Bertz CT molecular complexity index is 743. The number of benzene rings is 2. The normalized spacial score (nSPS) is 12.1. The van der Waals surface area contributed by atoms with Crippen molar-refractivity contribution in [2.24, 2.45) is 0 Å². The van der Waals surface area contributed by atoms with Gasteiger partial charge in [-0.25, -0.2) is 0 Å². The first-order valence-electron chi connectivity index (χ1n) is 6.91. The molecule has 1 unspecified atom stereocenters. The molecule has 0 amide bonds. The van der Waals surface area contributed by atoms with Gasteiger partial charge in [-0.05, 0) is 22.9 Å². The first-order chi connectivity index (χ1) is 10.8. The van der Waals surface area contributed by atoms with Crippen molar-refractivity contribution >= 4 is 0 Å². The third-order valence-electron chi connectivity index (χ3n) is 3.30. The molecule has 0 saturated carbocycles. The van der Waals surface area contributed by atoms with Gasteiger partial charge >= 0.3 is 0 Å². The van der Waals surface area contributed by atoms with Gasteiger partial charge in [0.2, 0.25) is 5.82 Å². The maximum atomic E-state index is 10.3. The number of hydrogen-bond donors (Lipinski definition) is 1. The van der Waals surface area contributed by atoms with E-state index >= 15 is 0 Å². The van der Waals surface area contributed by atoms with Crippen LogP contribution in [0.4, 0.5) is 0 Å². The summed E-state index contributed by atoms with van der Waals surface area (Å²) in [6.45, 7) is 0.229. The molecule has 112 valence electrons. The van der Waals surface area contributed by atoms with Gasteiger partial charge in [-0.3, -0.25) is 0 Å². The predicted molar refractivity (Wildman–Crippen MR) is 81.2 cm³/mol. The van der Waals surface area contributed by atoms with Crippen LogP contribution in [0.3, 0.4) is 0 Å². The van der Waals surface area contributed by atoms with Crippen LogP contribution in [0.25, 0.3) is 11.4 Å². The summed E-state index contributed by atoms with van der Waals surface area (Å²) >= 11 is 0. The monoisotopic (exact) mass is 296 g/mol. The van der Waals surface area contributed by atoms with E-state index in [2.05, 4.69) is 15.4 Å². The minimum absolute atomic E-state index is 0.229. The van der Waals surface area contributed by atoms with Gasteiger partial charge in [-0.15, -0.1) is 10.2 Å². The first-order valence-corrected chi connectivity index (χ1v) is 6.91. The summed E-state index contributed by atoms with van der Waals surface area (Å²) in [6.07, 6.45) is -0.729. The summed E-state index contributed by atoms with van der Waals surface area (Å²) in [5, 5.41) is 22.6. The average molecular weight is 296 g/mol. The number of aromatic nitrogens is 4. The van der Waals surface area contributed by atoms with E-state index in [0.29, 0.717) is 11.6 Å². The fourth-order valence-corrected chi connectivity index (χ4v) is 2.13. The molecule has 0 aliphatic carbocycles. The predicted octanol–water partition coefficient (Wildman–Crippen LogP) is 2.08. The summed E-state index contributed by atoms with van der Waals surface area (Å²) in [6, 6.07) is 16.9. The topological polar surface area (TPSA) is 73.1 Å². The number of tetrazole rings is 1. The molecule has 0 bridgehead atoms. The summed E-state index contributed by atoms with van der Waals surface area (Å²) in [4.78, 5) is 1.40. The zero-order chi connectivity index (χ0) is 15.4. The zero-order valence-electron chi connectivity index (χ0n) is 12.1. The van der Waals surface area contributed by atoms with E-state index in [0.717, 1.165) is 11.1 Å². The number of aliphatic hydroxyl groups is 1. The highest BCUT2D eigenvalue weighted by Gasteiger charge is 2.12. The fraction of sp³-hybridized carbons (Fsp3) is 0.188. The smallest absolute Gasteiger partial charge is 0.204 e. The fourth-order valence-electron chi connectivity index (χ4n) is 2.13. The number of aliphatic hydroxyl groups excluding tert-OH is 1. The van der Waals surface area contributed by atoms with Crippen LogP contribution < -0.4 is 4.74 Å². The van der Waals surface area contributed by atoms with E-state index in [1.54, 1.807) is 13.2 Å². The molecule has 0 saturated heterocycles. The number of ether oxygens (including phenoxy) is 1.